The molecule has 0 saturated heterocycles. The van der Waals surface area contributed by atoms with Crippen molar-refractivity contribution in [1.82, 2.24) is 0 Å². The highest BCUT2D eigenvalue weighted by Crippen LogP contribution is 2.32. The summed E-state index contributed by atoms with van der Waals surface area (Å²) in [5.74, 6) is -0.364. The predicted octanol–water partition coefficient (Wildman–Crippen LogP) is 4.22. The number of carbonyl (C=O) groups is 2. The fraction of sp³-hybridized carbons (Fsp3) is 0.364. The molecule has 0 fully saturated rings. The zero-order chi connectivity index (χ0) is 20.3. The van der Waals surface area contributed by atoms with Gasteiger partial charge in [0.05, 0.1) is 27.8 Å². The zero-order valence-corrected chi connectivity index (χ0v) is 17.3. The first-order valence-corrected chi connectivity index (χ1v) is 10.9. The van der Waals surface area contributed by atoms with Crippen LogP contribution in [0, 0.1) is 0 Å². The molecule has 0 radical (unpaired) electrons. The Hall–Kier alpha value is -2.47. The third-order valence-corrected chi connectivity index (χ3v) is 6.94. The van der Waals surface area contributed by atoms with Crippen molar-refractivity contribution in [1.29, 1.82) is 0 Å². The Balaban J connectivity index is 1.82. The van der Waals surface area contributed by atoms with E-state index in [0.29, 0.717) is 16.5 Å². The number of benzene rings is 2. The zero-order valence-electron chi connectivity index (χ0n) is 16.5. The molecule has 6 heteroatoms. The number of para-hydroxylation sites is 2. The molecule has 0 aliphatic carbocycles. The molecular weight excluding hydrogens is 372 g/mol. The van der Waals surface area contributed by atoms with Crippen molar-refractivity contribution in [2.45, 2.75) is 56.1 Å². The van der Waals surface area contributed by atoms with E-state index in [1.54, 1.807) is 24.3 Å². The first kappa shape index (κ1) is 20.3. The Bertz CT molecular complexity index is 926. The molecule has 0 bridgehead atoms. The molecule has 2 aromatic carbocycles. The van der Waals surface area contributed by atoms with Crippen molar-refractivity contribution >= 4 is 34.0 Å². The van der Waals surface area contributed by atoms with E-state index >= 15 is 0 Å². The maximum Gasteiger partial charge on any atom is 0.241 e. The van der Waals surface area contributed by atoms with Gasteiger partial charge in [0.25, 0.3) is 0 Å². The molecule has 5 nitrogen and oxygen atoms in total. The van der Waals surface area contributed by atoms with E-state index in [0.717, 1.165) is 29.7 Å². The van der Waals surface area contributed by atoms with Crippen LogP contribution in [-0.4, -0.2) is 21.3 Å². The van der Waals surface area contributed by atoms with Crippen LogP contribution in [0.15, 0.2) is 47.4 Å². The van der Waals surface area contributed by atoms with E-state index in [1.807, 2.05) is 25.1 Å². The van der Waals surface area contributed by atoms with Crippen molar-refractivity contribution < 1.29 is 13.8 Å². The Kier molecular flexibility index (Phi) is 6.29. The van der Waals surface area contributed by atoms with Crippen molar-refractivity contribution in [2.75, 3.05) is 10.6 Å². The van der Waals surface area contributed by atoms with Gasteiger partial charge < -0.3 is 10.6 Å². The third kappa shape index (κ3) is 4.02. The molecule has 3 rings (SSSR count). The highest BCUT2D eigenvalue weighted by atomic mass is 32.2. The molecule has 1 aliphatic heterocycles. The fourth-order valence-electron chi connectivity index (χ4n) is 3.43. The van der Waals surface area contributed by atoms with E-state index in [9.17, 15) is 13.8 Å². The number of anilines is 2. The summed E-state index contributed by atoms with van der Waals surface area (Å²) in [5.41, 5.74) is 3.53. The summed E-state index contributed by atoms with van der Waals surface area (Å²) in [6, 6.07) is 13.0. The van der Waals surface area contributed by atoms with Gasteiger partial charge in [0.2, 0.25) is 11.8 Å². The number of hydrogen-bond donors (Lipinski definition) is 2. The number of fused-ring (bicyclic) bond motifs is 1. The van der Waals surface area contributed by atoms with E-state index in [2.05, 4.69) is 24.5 Å². The van der Waals surface area contributed by atoms with Crippen LogP contribution in [0.25, 0.3) is 0 Å². The lowest BCUT2D eigenvalue weighted by Crippen LogP contribution is -2.39. The lowest BCUT2D eigenvalue weighted by Gasteiger charge is -2.24. The minimum absolute atomic E-state index is 0.120. The summed E-state index contributed by atoms with van der Waals surface area (Å²) in [5, 5.41) is 4.87. The molecule has 0 aromatic heterocycles. The van der Waals surface area contributed by atoms with E-state index in [-0.39, 0.29) is 18.2 Å². The average molecular weight is 399 g/mol. The van der Waals surface area contributed by atoms with Gasteiger partial charge in [-0.2, -0.15) is 0 Å². The van der Waals surface area contributed by atoms with E-state index in [4.69, 9.17) is 0 Å². The van der Waals surface area contributed by atoms with Gasteiger partial charge >= 0.3 is 0 Å². The van der Waals surface area contributed by atoms with Gasteiger partial charge in [0.1, 0.15) is 5.25 Å². The van der Waals surface area contributed by atoms with Crippen LogP contribution in [0.4, 0.5) is 11.4 Å². The minimum Gasteiger partial charge on any atom is -0.326 e. The van der Waals surface area contributed by atoms with Crippen molar-refractivity contribution in [2.24, 2.45) is 0 Å². The van der Waals surface area contributed by atoms with E-state index < -0.39 is 16.0 Å². The Morgan fingerprint density at radius 2 is 1.93 bits per heavy atom. The molecule has 2 aromatic rings. The Morgan fingerprint density at radius 1 is 1.18 bits per heavy atom. The maximum atomic E-state index is 12.8. The molecule has 1 aliphatic rings. The highest BCUT2D eigenvalue weighted by Gasteiger charge is 2.34. The number of carbonyl (C=O) groups excluding carboxylic acids is 2. The van der Waals surface area contributed by atoms with E-state index in [1.165, 1.54) is 0 Å². The number of aryl methyl sites for hydroxylation is 1. The summed E-state index contributed by atoms with van der Waals surface area (Å²) in [7, 11) is -1.56. The molecule has 148 valence electrons. The normalized spacial score (nSPS) is 19.5. The number of nitrogens with one attached hydrogen (secondary N) is 2. The Morgan fingerprint density at radius 3 is 2.64 bits per heavy atom. The first-order valence-electron chi connectivity index (χ1n) is 9.68. The topological polar surface area (TPSA) is 75.3 Å². The smallest absolute Gasteiger partial charge is 0.241 e. The molecule has 0 spiro atoms. The molecule has 28 heavy (non-hydrogen) atoms. The fourth-order valence-corrected chi connectivity index (χ4v) is 4.85. The molecule has 0 unspecified atom stereocenters. The van der Waals surface area contributed by atoms with Gasteiger partial charge in [0.15, 0.2) is 0 Å². The molecule has 0 saturated carbocycles. The summed E-state index contributed by atoms with van der Waals surface area (Å²) in [4.78, 5) is 25.8. The lowest BCUT2D eigenvalue weighted by molar-refractivity contribution is -0.120. The standard InChI is InChI=1S/C22H26N2O3S/c1-4-14(3)16-10-8-9-15(5-2)21(16)24-20(25)13-19-22(26)23-17-11-6-7-12-18(17)28(19)27/h6-12,14,19H,4-5,13H2,1-3H3,(H,23,26)(H,24,25)/t14-,19+,28+/m0/s1. The van der Waals surface area contributed by atoms with Crippen LogP contribution in [-0.2, 0) is 26.8 Å². The van der Waals surface area contributed by atoms with Gasteiger partial charge in [-0.15, -0.1) is 0 Å². The van der Waals surface area contributed by atoms with Crippen LogP contribution in [0.5, 0.6) is 0 Å². The van der Waals surface area contributed by atoms with Crippen molar-refractivity contribution in [3.05, 3.63) is 53.6 Å². The second-order valence-electron chi connectivity index (χ2n) is 7.07. The second-order valence-corrected chi connectivity index (χ2v) is 8.67. The highest BCUT2D eigenvalue weighted by molar-refractivity contribution is 7.86. The van der Waals surface area contributed by atoms with Crippen LogP contribution >= 0.6 is 0 Å². The SMILES string of the molecule is CCc1cccc([C@@H](C)CC)c1NC(=O)C[C@@H]1C(=O)Nc2ccccc2[S@]1=O. The third-order valence-electron chi connectivity index (χ3n) is 5.25. The van der Waals surface area contributed by atoms with Crippen LogP contribution in [0.2, 0.25) is 0 Å². The quantitative estimate of drug-likeness (QED) is 0.765. The number of hydrogen-bond acceptors (Lipinski definition) is 3. The average Bonchev–Trinajstić information content (AvgIpc) is 2.70. The monoisotopic (exact) mass is 398 g/mol. The minimum atomic E-state index is -1.56. The number of amides is 2. The lowest BCUT2D eigenvalue weighted by atomic mass is 9.93. The van der Waals surface area contributed by atoms with Gasteiger partial charge in [-0.1, -0.05) is 51.1 Å². The van der Waals surface area contributed by atoms with Crippen LogP contribution in [0.3, 0.4) is 0 Å². The van der Waals surface area contributed by atoms with Gasteiger partial charge in [0, 0.05) is 5.69 Å². The Labute approximate surface area is 168 Å². The summed E-state index contributed by atoms with van der Waals surface area (Å²) in [6.07, 6.45) is 1.63. The molecule has 3 atom stereocenters. The second kappa shape index (κ2) is 8.69. The predicted molar refractivity (Wildman–Crippen MR) is 113 cm³/mol. The molecular formula is C22H26N2O3S. The molecule has 2 N–H and O–H groups in total. The van der Waals surface area contributed by atoms with Gasteiger partial charge in [-0.3, -0.25) is 13.8 Å². The summed E-state index contributed by atoms with van der Waals surface area (Å²) < 4.78 is 12.8. The number of rotatable bonds is 6. The summed E-state index contributed by atoms with van der Waals surface area (Å²) >= 11 is 0. The van der Waals surface area contributed by atoms with Gasteiger partial charge in [-0.25, -0.2) is 0 Å². The van der Waals surface area contributed by atoms with Crippen LogP contribution < -0.4 is 10.6 Å². The van der Waals surface area contributed by atoms with Crippen molar-refractivity contribution in [3.8, 4) is 0 Å². The van der Waals surface area contributed by atoms with Crippen molar-refractivity contribution in [3.63, 3.8) is 0 Å². The maximum absolute atomic E-state index is 12.8. The van der Waals surface area contributed by atoms with Crippen LogP contribution in [0.1, 0.15) is 50.7 Å². The largest absolute Gasteiger partial charge is 0.326 e. The first-order chi connectivity index (χ1) is 13.5. The summed E-state index contributed by atoms with van der Waals surface area (Å²) in [6.45, 7) is 6.29. The molecule has 2 amide bonds. The van der Waals surface area contributed by atoms with Gasteiger partial charge in [-0.05, 0) is 42.0 Å². The molecule has 1 heterocycles.